The van der Waals surface area contributed by atoms with Crippen molar-refractivity contribution in [3.63, 3.8) is 0 Å². The van der Waals surface area contributed by atoms with Crippen molar-refractivity contribution < 1.29 is 4.79 Å². The van der Waals surface area contributed by atoms with Crippen LogP contribution in [0, 0.1) is 5.92 Å². The van der Waals surface area contributed by atoms with Crippen molar-refractivity contribution in [2.45, 2.75) is 19.3 Å². The van der Waals surface area contributed by atoms with E-state index in [0.29, 0.717) is 5.69 Å². The monoisotopic (exact) mass is 486 g/mol. The molecule has 0 saturated heterocycles. The van der Waals surface area contributed by atoms with Crippen molar-refractivity contribution in [3.05, 3.63) is 73.4 Å². The molecule has 0 aliphatic heterocycles. The van der Waals surface area contributed by atoms with E-state index in [-0.39, 0.29) is 11.8 Å². The lowest BCUT2D eigenvalue weighted by atomic mass is 9.85. The van der Waals surface area contributed by atoms with Gasteiger partial charge in [0.15, 0.2) is 0 Å². The van der Waals surface area contributed by atoms with Crippen LogP contribution in [0.3, 0.4) is 0 Å². The van der Waals surface area contributed by atoms with Gasteiger partial charge in [-0.25, -0.2) is 0 Å². The minimum atomic E-state index is 0.0594. The first-order valence-corrected chi connectivity index (χ1v) is 12.2. The number of rotatable bonds is 5. The molecule has 0 spiro atoms. The predicted molar refractivity (Wildman–Crippen MR) is 141 cm³/mol. The van der Waals surface area contributed by atoms with E-state index in [4.69, 9.17) is 0 Å². The number of anilines is 1. The number of carbonyl (C=O) groups excluding carboxylic acids is 1. The molecule has 3 N–H and O–H groups in total. The van der Waals surface area contributed by atoms with Gasteiger partial charge in [-0.2, -0.15) is 5.10 Å². The van der Waals surface area contributed by atoms with Gasteiger partial charge in [0.1, 0.15) is 5.69 Å². The second-order valence-electron chi connectivity index (χ2n) is 9.29. The minimum absolute atomic E-state index is 0.0594. The Bertz CT molecular complexity index is 1770. The van der Waals surface area contributed by atoms with Crippen LogP contribution in [0.1, 0.15) is 19.3 Å². The van der Waals surface area contributed by atoms with Crippen LogP contribution in [0.25, 0.3) is 55.8 Å². The number of pyridine rings is 4. The van der Waals surface area contributed by atoms with Gasteiger partial charge in [-0.15, -0.1) is 0 Å². The largest absolute Gasteiger partial charge is 0.353 e. The number of carbonyl (C=O) groups is 1. The molecule has 6 aromatic heterocycles. The molecule has 1 saturated carbocycles. The molecule has 1 aliphatic carbocycles. The molecule has 0 radical (unpaired) electrons. The maximum atomic E-state index is 12.4. The summed E-state index contributed by atoms with van der Waals surface area (Å²) in [4.78, 5) is 33.9. The van der Waals surface area contributed by atoms with Crippen LogP contribution in [-0.2, 0) is 4.79 Å². The summed E-state index contributed by atoms with van der Waals surface area (Å²) in [6.07, 6.45) is 11.7. The Morgan fingerprint density at radius 3 is 2.62 bits per heavy atom. The highest BCUT2D eigenvalue weighted by atomic mass is 16.1. The van der Waals surface area contributed by atoms with Crippen LogP contribution >= 0.6 is 0 Å². The van der Waals surface area contributed by atoms with Gasteiger partial charge in [0.05, 0.1) is 46.4 Å². The van der Waals surface area contributed by atoms with E-state index in [1.807, 2.05) is 36.4 Å². The average Bonchev–Trinajstić information content (AvgIpc) is 3.52. The van der Waals surface area contributed by atoms with Gasteiger partial charge >= 0.3 is 0 Å². The van der Waals surface area contributed by atoms with E-state index >= 15 is 0 Å². The molecule has 1 fully saturated rings. The maximum absolute atomic E-state index is 12.4. The zero-order valence-corrected chi connectivity index (χ0v) is 19.8. The van der Waals surface area contributed by atoms with Crippen molar-refractivity contribution in [3.8, 4) is 34.0 Å². The van der Waals surface area contributed by atoms with Gasteiger partial charge in [-0.1, -0.05) is 12.5 Å². The molecule has 7 rings (SSSR count). The molecule has 6 aromatic rings. The van der Waals surface area contributed by atoms with E-state index < -0.39 is 0 Å². The second-order valence-corrected chi connectivity index (χ2v) is 9.29. The molecular formula is C28H22N8O. The summed E-state index contributed by atoms with van der Waals surface area (Å²) < 4.78 is 0. The Labute approximate surface area is 211 Å². The molecule has 9 heteroatoms. The van der Waals surface area contributed by atoms with E-state index in [2.05, 4.69) is 46.5 Å². The number of nitrogens with zero attached hydrogens (tertiary/aromatic N) is 5. The topological polar surface area (TPSA) is 125 Å². The number of aromatic nitrogens is 7. The van der Waals surface area contributed by atoms with E-state index in [0.717, 1.165) is 75.1 Å². The number of fused-ring (bicyclic) bond motifs is 2. The third-order valence-electron chi connectivity index (χ3n) is 6.94. The lowest BCUT2D eigenvalue weighted by molar-refractivity contribution is -0.122. The Kier molecular flexibility index (Phi) is 4.99. The SMILES string of the molecule is O=C(Nc1cncc(-c2cc3c(-c4cc5c(-c6ccccn6)nccc5[nH]4)n[nH]c3cn2)c1)C1CCC1. The van der Waals surface area contributed by atoms with Crippen LogP contribution in [0.15, 0.2) is 73.4 Å². The highest BCUT2D eigenvalue weighted by molar-refractivity contribution is 6.00. The number of hydrogen-bond acceptors (Lipinski definition) is 6. The standard InChI is InChI=1S/C28H22N8O/c37-28(16-4-3-5-16)33-18-10-17(13-29-14-18)23-11-20-25(15-32-23)35-36-27(20)24-12-19-21(34-24)7-9-31-26(19)22-6-1-2-8-30-22/h1-2,6-16,34H,3-5H2,(H,33,37)(H,35,36). The van der Waals surface area contributed by atoms with Crippen LogP contribution in [-0.4, -0.2) is 41.0 Å². The van der Waals surface area contributed by atoms with Gasteiger partial charge in [0, 0.05) is 46.4 Å². The first-order valence-electron chi connectivity index (χ1n) is 12.2. The van der Waals surface area contributed by atoms with Gasteiger partial charge in [0.25, 0.3) is 0 Å². The highest BCUT2D eigenvalue weighted by Crippen LogP contribution is 2.34. The van der Waals surface area contributed by atoms with Crippen LogP contribution in [0.5, 0.6) is 0 Å². The van der Waals surface area contributed by atoms with Gasteiger partial charge in [0.2, 0.25) is 5.91 Å². The third kappa shape index (κ3) is 3.81. The Morgan fingerprint density at radius 2 is 1.78 bits per heavy atom. The van der Waals surface area contributed by atoms with E-state index in [9.17, 15) is 4.79 Å². The Hall–Kier alpha value is -4.92. The molecule has 6 heterocycles. The van der Waals surface area contributed by atoms with Crippen LogP contribution < -0.4 is 5.32 Å². The van der Waals surface area contributed by atoms with Gasteiger partial charge in [-0.3, -0.25) is 29.8 Å². The molecular weight excluding hydrogens is 464 g/mol. The predicted octanol–water partition coefficient (Wildman–Crippen LogP) is 5.36. The lowest BCUT2D eigenvalue weighted by Crippen LogP contribution is -2.28. The van der Waals surface area contributed by atoms with Crippen LogP contribution in [0.2, 0.25) is 0 Å². The number of amides is 1. The maximum Gasteiger partial charge on any atom is 0.227 e. The summed E-state index contributed by atoms with van der Waals surface area (Å²) >= 11 is 0. The van der Waals surface area contributed by atoms with E-state index in [1.54, 1.807) is 31.0 Å². The molecule has 0 unspecified atom stereocenters. The Balaban J connectivity index is 1.26. The summed E-state index contributed by atoms with van der Waals surface area (Å²) in [5.41, 5.74) is 7.29. The summed E-state index contributed by atoms with van der Waals surface area (Å²) in [5.74, 6) is 0.167. The molecule has 0 aromatic carbocycles. The zero-order chi connectivity index (χ0) is 24.8. The molecule has 180 valence electrons. The zero-order valence-electron chi connectivity index (χ0n) is 19.8. The Morgan fingerprint density at radius 1 is 0.865 bits per heavy atom. The fourth-order valence-electron chi connectivity index (χ4n) is 4.73. The second kappa shape index (κ2) is 8.63. The summed E-state index contributed by atoms with van der Waals surface area (Å²) in [6.45, 7) is 0. The van der Waals surface area contributed by atoms with Crippen molar-refractivity contribution in [2.24, 2.45) is 5.92 Å². The first-order chi connectivity index (χ1) is 18.2. The summed E-state index contributed by atoms with van der Waals surface area (Å²) in [7, 11) is 0. The fraction of sp³-hybridized carbons (Fsp3) is 0.143. The number of nitrogens with one attached hydrogen (secondary N) is 3. The molecule has 1 amide bonds. The third-order valence-corrected chi connectivity index (χ3v) is 6.94. The van der Waals surface area contributed by atoms with Gasteiger partial charge < -0.3 is 10.3 Å². The average molecular weight is 487 g/mol. The van der Waals surface area contributed by atoms with Crippen molar-refractivity contribution in [2.75, 3.05) is 5.32 Å². The first kappa shape index (κ1) is 21.4. The summed E-state index contributed by atoms with van der Waals surface area (Å²) in [5, 5.41) is 12.6. The highest BCUT2D eigenvalue weighted by Gasteiger charge is 2.25. The van der Waals surface area contributed by atoms with Crippen molar-refractivity contribution in [1.29, 1.82) is 0 Å². The van der Waals surface area contributed by atoms with Crippen molar-refractivity contribution >= 4 is 33.4 Å². The van der Waals surface area contributed by atoms with Crippen LogP contribution in [0.4, 0.5) is 5.69 Å². The minimum Gasteiger partial charge on any atom is -0.353 e. The quantitative estimate of drug-likeness (QED) is 0.301. The molecule has 37 heavy (non-hydrogen) atoms. The van der Waals surface area contributed by atoms with Gasteiger partial charge in [-0.05, 0) is 49.2 Å². The fourth-order valence-corrected chi connectivity index (χ4v) is 4.73. The molecule has 0 atom stereocenters. The summed E-state index contributed by atoms with van der Waals surface area (Å²) in [6, 6.07) is 13.7. The number of aromatic amines is 2. The number of H-pyrrole nitrogens is 2. The smallest absolute Gasteiger partial charge is 0.227 e. The lowest BCUT2D eigenvalue weighted by Gasteiger charge is -2.24. The molecule has 0 bridgehead atoms. The normalized spacial score (nSPS) is 13.6. The van der Waals surface area contributed by atoms with E-state index in [1.165, 1.54) is 0 Å². The molecule has 9 nitrogen and oxygen atoms in total. The molecule has 1 aliphatic rings. The number of hydrogen-bond donors (Lipinski definition) is 3. The van der Waals surface area contributed by atoms with Crippen molar-refractivity contribution in [1.82, 2.24) is 35.1 Å².